The molecule has 1 aromatic rings. The van der Waals surface area contributed by atoms with Crippen molar-refractivity contribution in [1.82, 2.24) is 10.1 Å². The smallest absolute Gasteiger partial charge is 0.229 e. The van der Waals surface area contributed by atoms with Crippen LogP contribution in [-0.2, 0) is 15.1 Å². The highest BCUT2D eigenvalue weighted by Gasteiger charge is 2.39. The molecule has 0 bridgehead atoms. The molecule has 0 aromatic carbocycles. The Morgan fingerprint density at radius 2 is 2.21 bits per heavy atom. The van der Waals surface area contributed by atoms with E-state index < -0.39 is 5.60 Å². The normalized spacial score (nSPS) is 19.8. The largest absolute Gasteiger partial charge is 0.381 e. The third kappa shape index (κ3) is 2.94. The van der Waals surface area contributed by atoms with Crippen LogP contribution in [0, 0.1) is 11.3 Å². The van der Waals surface area contributed by atoms with Gasteiger partial charge in [0.05, 0.1) is 6.07 Å². The van der Waals surface area contributed by atoms with Gasteiger partial charge in [-0.05, 0) is 6.42 Å². The molecule has 1 saturated heterocycles. The minimum Gasteiger partial charge on any atom is -0.381 e. The van der Waals surface area contributed by atoms with E-state index in [1.165, 1.54) is 0 Å². The third-order valence-corrected chi connectivity index (χ3v) is 3.65. The highest BCUT2D eigenvalue weighted by atomic mass is 16.5. The average molecular weight is 265 g/mol. The van der Waals surface area contributed by atoms with Crippen molar-refractivity contribution in [3.63, 3.8) is 0 Å². The Labute approximate surface area is 112 Å². The first-order chi connectivity index (χ1) is 9.22. The fraction of sp³-hybridized carbons (Fsp3) is 0.769. The van der Waals surface area contributed by atoms with Crippen LogP contribution in [0.25, 0.3) is 0 Å². The molecular formula is C13H19N3O3. The maximum absolute atomic E-state index is 8.60. The van der Waals surface area contributed by atoms with Crippen molar-refractivity contribution in [1.29, 1.82) is 5.26 Å². The van der Waals surface area contributed by atoms with Crippen molar-refractivity contribution < 1.29 is 14.0 Å². The molecule has 1 aliphatic heterocycles. The maximum atomic E-state index is 8.60. The zero-order valence-corrected chi connectivity index (χ0v) is 11.4. The van der Waals surface area contributed by atoms with Gasteiger partial charge in [-0.25, -0.2) is 0 Å². The van der Waals surface area contributed by atoms with Crippen LogP contribution in [0.2, 0.25) is 0 Å². The Morgan fingerprint density at radius 3 is 2.84 bits per heavy atom. The van der Waals surface area contributed by atoms with E-state index >= 15 is 0 Å². The number of hydrogen-bond acceptors (Lipinski definition) is 6. The number of rotatable bonds is 5. The van der Waals surface area contributed by atoms with Crippen molar-refractivity contribution in [3.05, 3.63) is 11.7 Å². The van der Waals surface area contributed by atoms with E-state index in [0.29, 0.717) is 31.3 Å². The van der Waals surface area contributed by atoms with Crippen molar-refractivity contribution in [2.24, 2.45) is 0 Å². The lowest BCUT2D eigenvalue weighted by Crippen LogP contribution is -2.36. The number of nitrogens with zero attached hydrogens (tertiary/aromatic N) is 3. The van der Waals surface area contributed by atoms with Gasteiger partial charge in [0.2, 0.25) is 11.7 Å². The molecule has 1 aromatic heterocycles. The quantitative estimate of drug-likeness (QED) is 0.811. The molecule has 2 rings (SSSR count). The van der Waals surface area contributed by atoms with E-state index in [9.17, 15) is 0 Å². The monoisotopic (exact) mass is 265 g/mol. The lowest BCUT2D eigenvalue weighted by molar-refractivity contribution is -0.101. The topological polar surface area (TPSA) is 81.2 Å². The van der Waals surface area contributed by atoms with Gasteiger partial charge in [-0.1, -0.05) is 12.1 Å². The van der Waals surface area contributed by atoms with Gasteiger partial charge in [-0.15, -0.1) is 0 Å². The van der Waals surface area contributed by atoms with Crippen LogP contribution < -0.4 is 0 Å². The van der Waals surface area contributed by atoms with Crippen LogP contribution in [0.15, 0.2) is 4.52 Å². The summed E-state index contributed by atoms with van der Waals surface area (Å²) >= 11 is 0. The standard InChI is InChI=1S/C13H19N3O3/c1-10(4-3-7-14)11-15-12(16-19-11)13(17-2)5-8-18-9-6-13/h10H,3-6,8-9H2,1-2H3. The van der Waals surface area contributed by atoms with E-state index in [1.807, 2.05) is 6.92 Å². The summed E-state index contributed by atoms with van der Waals surface area (Å²) in [6.07, 6.45) is 2.67. The van der Waals surface area contributed by atoms with E-state index in [4.69, 9.17) is 19.3 Å². The summed E-state index contributed by atoms with van der Waals surface area (Å²) in [5, 5.41) is 12.7. The number of aromatic nitrogens is 2. The SMILES string of the molecule is COC1(c2noc(C(C)CCC#N)n2)CCOCC1. The molecule has 0 amide bonds. The van der Waals surface area contributed by atoms with Crippen molar-refractivity contribution >= 4 is 0 Å². The van der Waals surface area contributed by atoms with Gasteiger partial charge >= 0.3 is 0 Å². The molecule has 1 unspecified atom stereocenters. The first-order valence-electron chi connectivity index (χ1n) is 6.56. The fourth-order valence-corrected chi connectivity index (χ4v) is 2.25. The second-order valence-electron chi connectivity index (χ2n) is 4.86. The van der Waals surface area contributed by atoms with Crippen LogP contribution >= 0.6 is 0 Å². The molecule has 2 heterocycles. The Hall–Kier alpha value is -1.45. The summed E-state index contributed by atoms with van der Waals surface area (Å²) in [7, 11) is 1.67. The first-order valence-corrected chi connectivity index (χ1v) is 6.56. The Morgan fingerprint density at radius 1 is 1.47 bits per heavy atom. The molecule has 0 N–H and O–H groups in total. The minimum absolute atomic E-state index is 0.0923. The molecule has 0 radical (unpaired) electrons. The lowest BCUT2D eigenvalue weighted by atomic mass is 9.93. The third-order valence-electron chi connectivity index (χ3n) is 3.65. The lowest BCUT2D eigenvalue weighted by Gasteiger charge is -2.32. The van der Waals surface area contributed by atoms with Crippen LogP contribution in [0.3, 0.4) is 0 Å². The Balaban J connectivity index is 2.13. The van der Waals surface area contributed by atoms with E-state index in [0.717, 1.165) is 19.3 Å². The molecule has 1 atom stereocenters. The Bertz CT molecular complexity index is 446. The molecule has 1 fully saturated rings. The van der Waals surface area contributed by atoms with Crippen LogP contribution in [0.4, 0.5) is 0 Å². The summed E-state index contributed by atoms with van der Waals surface area (Å²) in [6, 6.07) is 2.13. The van der Waals surface area contributed by atoms with Gasteiger partial charge in [0, 0.05) is 45.5 Å². The molecule has 0 spiro atoms. The van der Waals surface area contributed by atoms with Crippen molar-refractivity contribution in [3.8, 4) is 6.07 Å². The van der Waals surface area contributed by atoms with Gasteiger partial charge in [-0.2, -0.15) is 10.2 Å². The second-order valence-corrected chi connectivity index (χ2v) is 4.86. The van der Waals surface area contributed by atoms with Gasteiger partial charge in [-0.3, -0.25) is 0 Å². The molecule has 19 heavy (non-hydrogen) atoms. The van der Waals surface area contributed by atoms with Crippen LogP contribution in [0.1, 0.15) is 50.2 Å². The van der Waals surface area contributed by atoms with Gasteiger partial charge in [0.15, 0.2) is 0 Å². The fourth-order valence-electron chi connectivity index (χ4n) is 2.25. The number of ether oxygens (including phenoxy) is 2. The van der Waals surface area contributed by atoms with Crippen LogP contribution in [0.5, 0.6) is 0 Å². The number of methoxy groups -OCH3 is 1. The van der Waals surface area contributed by atoms with E-state index in [2.05, 4.69) is 16.2 Å². The zero-order valence-electron chi connectivity index (χ0n) is 11.4. The summed E-state index contributed by atoms with van der Waals surface area (Å²) in [6.45, 7) is 3.27. The van der Waals surface area contributed by atoms with Gasteiger partial charge < -0.3 is 14.0 Å². The molecular weight excluding hydrogens is 246 g/mol. The average Bonchev–Trinajstić information content (AvgIpc) is 2.96. The van der Waals surface area contributed by atoms with Crippen molar-refractivity contribution in [2.75, 3.05) is 20.3 Å². The summed E-state index contributed by atoms with van der Waals surface area (Å²) < 4.78 is 16.3. The van der Waals surface area contributed by atoms with Crippen LogP contribution in [-0.4, -0.2) is 30.5 Å². The molecule has 1 aliphatic rings. The second kappa shape index (κ2) is 6.13. The molecule has 0 saturated carbocycles. The summed E-state index contributed by atoms with van der Waals surface area (Å²) in [4.78, 5) is 4.46. The predicted octanol–water partition coefficient (Wildman–Crippen LogP) is 2.13. The molecule has 0 aliphatic carbocycles. The molecule has 6 heteroatoms. The zero-order chi connectivity index (χ0) is 13.7. The maximum Gasteiger partial charge on any atom is 0.229 e. The molecule has 6 nitrogen and oxygen atoms in total. The highest BCUT2D eigenvalue weighted by Crippen LogP contribution is 2.34. The number of nitriles is 1. The van der Waals surface area contributed by atoms with Gasteiger partial charge in [0.25, 0.3) is 0 Å². The van der Waals surface area contributed by atoms with E-state index in [-0.39, 0.29) is 5.92 Å². The van der Waals surface area contributed by atoms with Crippen molar-refractivity contribution in [2.45, 2.75) is 44.1 Å². The Kier molecular flexibility index (Phi) is 4.51. The molecule has 104 valence electrons. The van der Waals surface area contributed by atoms with Gasteiger partial charge in [0.1, 0.15) is 5.60 Å². The van der Waals surface area contributed by atoms with E-state index in [1.54, 1.807) is 7.11 Å². The minimum atomic E-state index is -0.491. The first kappa shape index (κ1) is 14.0. The summed E-state index contributed by atoms with van der Waals surface area (Å²) in [5.41, 5.74) is -0.491. The predicted molar refractivity (Wildman–Crippen MR) is 66.3 cm³/mol. The number of hydrogen-bond donors (Lipinski definition) is 0. The summed E-state index contributed by atoms with van der Waals surface area (Å²) in [5.74, 6) is 1.26. The highest BCUT2D eigenvalue weighted by molar-refractivity contribution is 5.04.